The molecule has 0 saturated heterocycles. The Morgan fingerprint density at radius 2 is 1.35 bits per heavy atom. The highest BCUT2D eigenvalue weighted by Gasteiger charge is 2.26. The van der Waals surface area contributed by atoms with Gasteiger partial charge >= 0.3 is 0 Å². The fourth-order valence-electron chi connectivity index (χ4n) is 2.34. The van der Waals surface area contributed by atoms with Crippen molar-refractivity contribution in [2.75, 3.05) is 0 Å². The average molecular weight is 232 g/mol. The van der Waals surface area contributed by atoms with E-state index in [1.54, 1.807) is 12.1 Å². The van der Waals surface area contributed by atoms with Crippen LogP contribution in [0.5, 0.6) is 5.75 Å². The van der Waals surface area contributed by atoms with Crippen molar-refractivity contribution >= 4 is 0 Å². The summed E-state index contributed by atoms with van der Waals surface area (Å²) in [5, 5.41) is 9.25. The third-order valence-electron chi connectivity index (χ3n) is 2.62. The summed E-state index contributed by atoms with van der Waals surface area (Å²) in [4.78, 5) is 0. The number of benzene rings is 1. The van der Waals surface area contributed by atoms with Gasteiger partial charge in [0.25, 0.3) is 0 Å². The van der Waals surface area contributed by atoms with Gasteiger partial charge in [-0.1, -0.05) is 46.8 Å². The molecule has 1 N–H and O–H groups in total. The van der Waals surface area contributed by atoms with Gasteiger partial charge in [-0.05, 0) is 34.9 Å². The zero-order chi connectivity index (χ0) is 13.7. The lowest BCUT2D eigenvalue weighted by atomic mass is 9.72. The molecule has 1 aromatic rings. The second-order valence-corrected chi connectivity index (χ2v) is 6.17. The van der Waals surface area contributed by atoms with Crippen molar-refractivity contribution in [3.63, 3.8) is 0 Å². The van der Waals surface area contributed by atoms with Crippen molar-refractivity contribution in [2.24, 2.45) is 5.41 Å². The highest BCUT2D eigenvalue weighted by Crippen LogP contribution is 2.36. The minimum atomic E-state index is 0.159. The van der Waals surface area contributed by atoms with Gasteiger partial charge in [-0.2, -0.15) is 0 Å². The molecule has 0 radical (unpaired) electrons. The van der Waals surface area contributed by atoms with Gasteiger partial charge in [0.15, 0.2) is 0 Å². The molecule has 0 aliphatic rings. The van der Waals surface area contributed by atoms with Crippen molar-refractivity contribution < 1.29 is 5.11 Å². The van der Waals surface area contributed by atoms with E-state index >= 15 is 0 Å². The van der Waals surface area contributed by atoms with E-state index in [4.69, 9.17) is 0 Å². The third kappa shape index (κ3) is 5.45. The molecule has 94 valence electrons. The lowest BCUT2D eigenvalue weighted by molar-refractivity contribution is 0.284. The van der Waals surface area contributed by atoms with Gasteiger partial charge in [0, 0.05) is 0 Å². The van der Waals surface area contributed by atoms with Crippen molar-refractivity contribution in [3.8, 4) is 18.6 Å². The Kier molecular flexibility index (Phi) is 5.29. The molecule has 0 amide bonds. The SMILES string of the molecule is C#C.CC(C)(C)CC(C)(C)c1ccc(O)cc1. The van der Waals surface area contributed by atoms with E-state index in [0.717, 1.165) is 6.42 Å². The molecule has 0 aliphatic heterocycles. The number of hydrogen-bond donors (Lipinski definition) is 1. The van der Waals surface area contributed by atoms with Crippen molar-refractivity contribution in [1.82, 2.24) is 0 Å². The van der Waals surface area contributed by atoms with E-state index in [9.17, 15) is 5.11 Å². The van der Waals surface area contributed by atoms with Gasteiger partial charge in [-0.15, -0.1) is 12.8 Å². The molecule has 0 saturated carbocycles. The highest BCUT2D eigenvalue weighted by atomic mass is 16.3. The first-order valence-electron chi connectivity index (χ1n) is 5.84. The van der Waals surface area contributed by atoms with Crippen LogP contribution in [-0.2, 0) is 5.41 Å². The van der Waals surface area contributed by atoms with Gasteiger partial charge in [0.2, 0.25) is 0 Å². The largest absolute Gasteiger partial charge is 0.508 e. The fourth-order valence-corrected chi connectivity index (χ4v) is 2.34. The summed E-state index contributed by atoms with van der Waals surface area (Å²) in [5.74, 6) is 0.338. The Hall–Kier alpha value is -1.42. The van der Waals surface area contributed by atoms with Crippen LogP contribution >= 0.6 is 0 Å². The number of phenolic OH excluding ortho intramolecular Hbond substituents is 1. The second-order valence-electron chi connectivity index (χ2n) is 6.17. The molecule has 1 rings (SSSR count). The van der Waals surface area contributed by atoms with E-state index in [2.05, 4.69) is 47.5 Å². The van der Waals surface area contributed by atoms with Crippen LogP contribution in [0.2, 0.25) is 0 Å². The number of terminal acetylenes is 1. The normalized spacial score (nSPS) is 11.5. The first-order chi connectivity index (χ1) is 7.71. The van der Waals surface area contributed by atoms with Crippen LogP contribution in [-0.4, -0.2) is 5.11 Å². The molecule has 0 aromatic heterocycles. The van der Waals surface area contributed by atoms with Crippen molar-refractivity contribution in [2.45, 2.75) is 46.5 Å². The summed E-state index contributed by atoms with van der Waals surface area (Å²) in [6, 6.07) is 7.56. The van der Waals surface area contributed by atoms with E-state index in [1.807, 2.05) is 12.1 Å². The summed E-state index contributed by atoms with van der Waals surface area (Å²) in [6.45, 7) is 11.3. The average Bonchev–Trinajstić information content (AvgIpc) is 2.18. The van der Waals surface area contributed by atoms with Crippen LogP contribution < -0.4 is 0 Å². The summed E-state index contributed by atoms with van der Waals surface area (Å²) in [5.41, 5.74) is 1.77. The first-order valence-corrected chi connectivity index (χ1v) is 5.84. The summed E-state index contributed by atoms with van der Waals surface area (Å²) < 4.78 is 0. The van der Waals surface area contributed by atoms with Crippen LogP contribution in [0.3, 0.4) is 0 Å². The molecule has 1 aromatic carbocycles. The Labute approximate surface area is 106 Å². The molecule has 0 unspecified atom stereocenters. The zero-order valence-electron chi connectivity index (χ0n) is 11.6. The second kappa shape index (κ2) is 5.77. The van der Waals surface area contributed by atoms with Crippen LogP contribution in [0.4, 0.5) is 0 Å². The molecule has 1 heteroatoms. The fraction of sp³-hybridized carbons (Fsp3) is 0.500. The van der Waals surface area contributed by atoms with Gasteiger partial charge in [0.1, 0.15) is 5.75 Å². The van der Waals surface area contributed by atoms with Crippen molar-refractivity contribution in [1.29, 1.82) is 0 Å². The van der Waals surface area contributed by atoms with Gasteiger partial charge < -0.3 is 5.11 Å². The Balaban J connectivity index is 0.00000121. The van der Waals surface area contributed by atoms with Gasteiger partial charge in [-0.3, -0.25) is 0 Å². The maximum atomic E-state index is 9.25. The van der Waals surface area contributed by atoms with Crippen LogP contribution in [0.1, 0.15) is 46.6 Å². The third-order valence-corrected chi connectivity index (χ3v) is 2.62. The first kappa shape index (κ1) is 15.6. The standard InChI is InChI=1S/C14H22O.C2H2/c1-13(2,3)10-14(4,5)11-6-8-12(15)9-7-11;1-2/h6-9,15H,10H2,1-5H3;1-2H. The monoisotopic (exact) mass is 232 g/mol. The summed E-state index contributed by atoms with van der Waals surface area (Å²) >= 11 is 0. The quantitative estimate of drug-likeness (QED) is 0.751. The number of aromatic hydroxyl groups is 1. The number of hydrogen-bond acceptors (Lipinski definition) is 1. The predicted octanol–water partition coefficient (Wildman–Crippen LogP) is 4.36. The highest BCUT2D eigenvalue weighted by molar-refractivity contribution is 5.30. The van der Waals surface area contributed by atoms with E-state index < -0.39 is 0 Å². The van der Waals surface area contributed by atoms with E-state index in [0.29, 0.717) is 11.2 Å². The molecule has 0 heterocycles. The Morgan fingerprint density at radius 1 is 0.941 bits per heavy atom. The molecule has 1 nitrogen and oxygen atoms in total. The van der Waals surface area contributed by atoms with Crippen molar-refractivity contribution in [3.05, 3.63) is 29.8 Å². The smallest absolute Gasteiger partial charge is 0.115 e. The summed E-state index contributed by atoms with van der Waals surface area (Å²) in [6.07, 6.45) is 9.13. The number of rotatable bonds is 2. The van der Waals surface area contributed by atoms with Gasteiger partial charge in [-0.25, -0.2) is 0 Å². The molecular weight excluding hydrogens is 208 g/mol. The molecule has 0 bridgehead atoms. The molecular formula is C16H24O. The van der Waals surface area contributed by atoms with E-state index in [1.165, 1.54) is 5.56 Å². The molecule has 0 aliphatic carbocycles. The Bertz CT molecular complexity index is 349. The minimum absolute atomic E-state index is 0.159. The molecule has 0 spiro atoms. The van der Waals surface area contributed by atoms with Crippen LogP contribution in [0.25, 0.3) is 0 Å². The lowest BCUT2D eigenvalue weighted by Crippen LogP contribution is -2.24. The van der Waals surface area contributed by atoms with Gasteiger partial charge in [0.05, 0.1) is 0 Å². The molecule has 0 fully saturated rings. The van der Waals surface area contributed by atoms with E-state index in [-0.39, 0.29) is 5.41 Å². The van der Waals surface area contributed by atoms with Crippen LogP contribution in [0, 0.1) is 18.3 Å². The maximum Gasteiger partial charge on any atom is 0.115 e. The van der Waals surface area contributed by atoms with Crippen LogP contribution in [0.15, 0.2) is 24.3 Å². The zero-order valence-corrected chi connectivity index (χ0v) is 11.6. The molecule has 17 heavy (non-hydrogen) atoms. The topological polar surface area (TPSA) is 20.2 Å². The Morgan fingerprint density at radius 3 is 1.71 bits per heavy atom. The number of phenols is 1. The maximum absolute atomic E-state index is 9.25. The minimum Gasteiger partial charge on any atom is -0.508 e. The predicted molar refractivity (Wildman–Crippen MR) is 75.1 cm³/mol. The summed E-state index contributed by atoms with van der Waals surface area (Å²) in [7, 11) is 0. The molecule has 0 atom stereocenters. The lowest BCUT2D eigenvalue weighted by Gasteiger charge is -2.33.